The molecule has 2 N–H and O–H groups in total. The van der Waals surface area contributed by atoms with E-state index in [1.807, 2.05) is 0 Å². The van der Waals surface area contributed by atoms with Crippen molar-refractivity contribution in [3.05, 3.63) is 29.3 Å². The van der Waals surface area contributed by atoms with Gasteiger partial charge in [-0.2, -0.15) is 0 Å². The van der Waals surface area contributed by atoms with Crippen molar-refractivity contribution in [2.75, 3.05) is 13.2 Å². The first-order chi connectivity index (χ1) is 7.22. The zero-order valence-electron chi connectivity index (χ0n) is 9.49. The highest BCUT2D eigenvalue weighted by atomic mass is 16.5. The third kappa shape index (κ3) is 2.00. The molecule has 1 aromatic rings. The largest absolute Gasteiger partial charge is 0.493 e. The number of hydrogen-bond acceptors (Lipinski definition) is 2. The van der Waals surface area contributed by atoms with Crippen molar-refractivity contribution >= 4 is 0 Å². The Kier molecular flexibility index (Phi) is 2.96. The quantitative estimate of drug-likeness (QED) is 0.822. The Balaban J connectivity index is 2.22. The normalized spacial score (nSPS) is 18.1. The molecule has 1 heterocycles. The predicted molar refractivity (Wildman–Crippen MR) is 62.3 cm³/mol. The monoisotopic (exact) mass is 205 g/mol. The molecular weight excluding hydrogens is 186 g/mol. The fourth-order valence-electron chi connectivity index (χ4n) is 2.02. The topological polar surface area (TPSA) is 35.2 Å². The standard InChI is InChI=1S/C13H19NO/c1-9(8-14)10(2)11-3-4-13-12(7-11)5-6-15-13/h3-4,7,9-10H,5-6,8,14H2,1-2H3. The van der Waals surface area contributed by atoms with Crippen LogP contribution < -0.4 is 10.5 Å². The number of hydrogen-bond donors (Lipinski definition) is 1. The average Bonchev–Trinajstić information content (AvgIpc) is 2.73. The second-order valence-corrected chi connectivity index (χ2v) is 4.47. The fraction of sp³-hybridized carbons (Fsp3) is 0.538. The smallest absolute Gasteiger partial charge is 0.122 e. The highest BCUT2D eigenvalue weighted by Gasteiger charge is 2.17. The minimum Gasteiger partial charge on any atom is -0.493 e. The van der Waals surface area contributed by atoms with Gasteiger partial charge in [0.25, 0.3) is 0 Å². The molecule has 0 amide bonds. The van der Waals surface area contributed by atoms with Gasteiger partial charge < -0.3 is 10.5 Å². The summed E-state index contributed by atoms with van der Waals surface area (Å²) in [5.74, 6) is 2.12. The lowest BCUT2D eigenvalue weighted by Crippen LogP contribution is -2.17. The van der Waals surface area contributed by atoms with Crippen molar-refractivity contribution in [3.8, 4) is 5.75 Å². The molecule has 0 aromatic heterocycles. The van der Waals surface area contributed by atoms with Gasteiger partial charge >= 0.3 is 0 Å². The van der Waals surface area contributed by atoms with Crippen LogP contribution in [0.15, 0.2) is 18.2 Å². The van der Waals surface area contributed by atoms with Crippen LogP contribution in [0.25, 0.3) is 0 Å². The van der Waals surface area contributed by atoms with E-state index >= 15 is 0 Å². The van der Waals surface area contributed by atoms with Gasteiger partial charge in [-0.3, -0.25) is 0 Å². The average molecular weight is 205 g/mol. The van der Waals surface area contributed by atoms with Gasteiger partial charge in [-0.15, -0.1) is 0 Å². The second kappa shape index (κ2) is 4.23. The van der Waals surface area contributed by atoms with Crippen molar-refractivity contribution in [2.45, 2.75) is 26.2 Å². The SMILES string of the molecule is CC(CN)C(C)c1ccc2c(c1)CCO2. The lowest BCUT2D eigenvalue weighted by atomic mass is 9.88. The molecule has 2 rings (SSSR count). The van der Waals surface area contributed by atoms with E-state index in [4.69, 9.17) is 10.5 Å². The van der Waals surface area contributed by atoms with Gasteiger partial charge in [0.05, 0.1) is 6.61 Å². The summed E-state index contributed by atoms with van der Waals surface area (Å²) in [5.41, 5.74) is 8.44. The summed E-state index contributed by atoms with van der Waals surface area (Å²) in [6.07, 6.45) is 1.05. The van der Waals surface area contributed by atoms with E-state index in [2.05, 4.69) is 32.0 Å². The van der Waals surface area contributed by atoms with E-state index in [-0.39, 0.29) is 0 Å². The molecule has 15 heavy (non-hydrogen) atoms. The molecule has 2 heteroatoms. The fourth-order valence-corrected chi connectivity index (χ4v) is 2.02. The van der Waals surface area contributed by atoms with Gasteiger partial charge in [0.2, 0.25) is 0 Å². The van der Waals surface area contributed by atoms with Crippen molar-refractivity contribution in [3.63, 3.8) is 0 Å². The third-order valence-corrected chi connectivity index (χ3v) is 3.46. The van der Waals surface area contributed by atoms with E-state index in [9.17, 15) is 0 Å². The lowest BCUT2D eigenvalue weighted by Gasteiger charge is -2.19. The summed E-state index contributed by atoms with van der Waals surface area (Å²) in [7, 11) is 0. The summed E-state index contributed by atoms with van der Waals surface area (Å²) in [4.78, 5) is 0. The summed E-state index contributed by atoms with van der Waals surface area (Å²) < 4.78 is 5.50. The Hall–Kier alpha value is -1.02. The molecular formula is C13H19NO. The zero-order chi connectivity index (χ0) is 10.8. The van der Waals surface area contributed by atoms with Crippen LogP contribution in [-0.2, 0) is 6.42 Å². The highest BCUT2D eigenvalue weighted by Crippen LogP contribution is 2.31. The molecule has 0 spiro atoms. The number of ether oxygens (including phenoxy) is 1. The molecule has 82 valence electrons. The van der Waals surface area contributed by atoms with E-state index in [1.165, 1.54) is 11.1 Å². The maximum atomic E-state index is 5.70. The van der Waals surface area contributed by atoms with Crippen LogP contribution in [0.3, 0.4) is 0 Å². The number of nitrogens with two attached hydrogens (primary N) is 1. The van der Waals surface area contributed by atoms with Crippen molar-refractivity contribution in [1.29, 1.82) is 0 Å². The number of rotatable bonds is 3. The molecule has 0 radical (unpaired) electrons. The van der Waals surface area contributed by atoms with Crippen LogP contribution in [-0.4, -0.2) is 13.2 Å². The maximum absolute atomic E-state index is 5.70. The summed E-state index contributed by atoms with van der Waals surface area (Å²) >= 11 is 0. The van der Waals surface area contributed by atoms with E-state index in [0.29, 0.717) is 11.8 Å². The Morgan fingerprint density at radius 2 is 2.20 bits per heavy atom. The first-order valence-corrected chi connectivity index (χ1v) is 5.68. The van der Waals surface area contributed by atoms with Crippen molar-refractivity contribution in [2.24, 2.45) is 11.7 Å². The molecule has 2 unspecified atom stereocenters. The van der Waals surface area contributed by atoms with Crippen LogP contribution >= 0.6 is 0 Å². The number of benzene rings is 1. The maximum Gasteiger partial charge on any atom is 0.122 e. The number of fused-ring (bicyclic) bond motifs is 1. The molecule has 0 fully saturated rings. The summed E-state index contributed by atoms with van der Waals surface area (Å²) in [5, 5.41) is 0. The van der Waals surface area contributed by atoms with E-state index in [1.54, 1.807) is 0 Å². The van der Waals surface area contributed by atoms with Gasteiger partial charge in [0.15, 0.2) is 0 Å². The Morgan fingerprint density at radius 1 is 1.40 bits per heavy atom. The van der Waals surface area contributed by atoms with Gasteiger partial charge in [-0.1, -0.05) is 26.0 Å². The van der Waals surface area contributed by atoms with Crippen molar-refractivity contribution in [1.82, 2.24) is 0 Å². The molecule has 2 nitrogen and oxygen atoms in total. The van der Waals surface area contributed by atoms with Crippen LogP contribution in [0.2, 0.25) is 0 Å². The van der Waals surface area contributed by atoms with Crippen LogP contribution in [0.4, 0.5) is 0 Å². The van der Waals surface area contributed by atoms with Crippen molar-refractivity contribution < 1.29 is 4.74 Å². The summed E-state index contributed by atoms with van der Waals surface area (Å²) in [6.45, 7) is 6.03. The van der Waals surface area contributed by atoms with Gasteiger partial charge in [0, 0.05) is 6.42 Å². The minimum absolute atomic E-state index is 0.529. The van der Waals surface area contributed by atoms with E-state index in [0.717, 1.165) is 25.3 Å². The predicted octanol–water partition coefficient (Wildman–Crippen LogP) is 2.32. The molecule has 0 bridgehead atoms. The molecule has 1 aliphatic heterocycles. The molecule has 0 saturated heterocycles. The molecule has 0 aliphatic carbocycles. The molecule has 1 aromatic carbocycles. The Labute approximate surface area is 91.4 Å². The Bertz CT molecular complexity index is 348. The summed E-state index contributed by atoms with van der Waals surface area (Å²) in [6, 6.07) is 6.54. The van der Waals surface area contributed by atoms with Crippen LogP contribution in [0.5, 0.6) is 5.75 Å². The molecule has 1 aliphatic rings. The molecule has 2 atom stereocenters. The van der Waals surface area contributed by atoms with Gasteiger partial charge in [0.1, 0.15) is 5.75 Å². The second-order valence-electron chi connectivity index (χ2n) is 4.47. The third-order valence-electron chi connectivity index (χ3n) is 3.46. The van der Waals surface area contributed by atoms with Crippen LogP contribution in [0, 0.1) is 5.92 Å². The Morgan fingerprint density at radius 3 is 2.93 bits per heavy atom. The van der Waals surface area contributed by atoms with Gasteiger partial charge in [-0.25, -0.2) is 0 Å². The van der Waals surface area contributed by atoms with Gasteiger partial charge in [-0.05, 0) is 35.6 Å². The first kappa shape index (κ1) is 10.5. The lowest BCUT2D eigenvalue weighted by molar-refractivity contribution is 0.356. The zero-order valence-corrected chi connectivity index (χ0v) is 9.49. The first-order valence-electron chi connectivity index (χ1n) is 5.68. The molecule has 0 saturated carbocycles. The highest BCUT2D eigenvalue weighted by molar-refractivity contribution is 5.40. The van der Waals surface area contributed by atoms with E-state index < -0.39 is 0 Å². The minimum atomic E-state index is 0.529. The van der Waals surface area contributed by atoms with Crippen LogP contribution in [0.1, 0.15) is 30.9 Å².